The highest BCUT2D eigenvalue weighted by molar-refractivity contribution is 5.06. The summed E-state index contributed by atoms with van der Waals surface area (Å²) in [6, 6.07) is 0. The van der Waals surface area contributed by atoms with Crippen LogP contribution < -0.4 is 0 Å². The van der Waals surface area contributed by atoms with E-state index in [1.807, 2.05) is 6.92 Å². The molecule has 0 nitrogen and oxygen atoms in total. The van der Waals surface area contributed by atoms with Crippen LogP contribution in [0.25, 0.3) is 0 Å². The summed E-state index contributed by atoms with van der Waals surface area (Å²) in [5.74, 6) is -1.56. The Balaban J connectivity index is 2.65. The molecule has 14 heavy (non-hydrogen) atoms. The van der Waals surface area contributed by atoms with E-state index in [2.05, 4.69) is 0 Å². The van der Waals surface area contributed by atoms with Gasteiger partial charge in [-0.3, -0.25) is 4.39 Å². The van der Waals surface area contributed by atoms with Crippen molar-refractivity contribution in [1.29, 1.82) is 0 Å². The van der Waals surface area contributed by atoms with Crippen LogP contribution in [0.1, 0.15) is 33.1 Å². The van der Waals surface area contributed by atoms with Crippen LogP contribution in [0.2, 0.25) is 0 Å². The second-order valence-corrected chi connectivity index (χ2v) is 4.32. The second-order valence-electron chi connectivity index (χ2n) is 4.32. The molecule has 0 heterocycles. The number of alkyl halides is 4. The average molecular weight is 212 g/mol. The van der Waals surface area contributed by atoms with Crippen LogP contribution in [-0.2, 0) is 0 Å². The van der Waals surface area contributed by atoms with Crippen LogP contribution >= 0.6 is 0 Å². The van der Waals surface area contributed by atoms with Gasteiger partial charge in [0.2, 0.25) is 0 Å². The third-order valence-corrected chi connectivity index (χ3v) is 3.52. The van der Waals surface area contributed by atoms with Crippen LogP contribution in [0.5, 0.6) is 0 Å². The van der Waals surface area contributed by atoms with Crippen LogP contribution in [0.15, 0.2) is 0 Å². The monoisotopic (exact) mass is 212 g/mol. The van der Waals surface area contributed by atoms with E-state index >= 15 is 0 Å². The van der Waals surface area contributed by atoms with Crippen molar-refractivity contribution in [3.05, 3.63) is 0 Å². The molecule has 0 aromatic carbocycles. The first-order valence-corrected chi connectivity index (χ1v) is 5.01. The minimum absolute atomic E-state index is 0.0610. The van der Waals surface area contributed by atoms with Gasteiger partial charge >= 0.3 is 6.18 Å². The Morgan fingerprint density at radius 2 is 2.00 bits per heavy atom. The summed E-state index contributed by atoms with van der Waals surface area (Å²) in [5, 5.41) is 0. The number of hydrogen-bond acceptors (Lipinski definition) is 0. The minimum atomic E-state index is -4.26. The molecule has 0 radical (unpaired) electrons. The lowest BCUT2D eigenvalue weighted by molar-refractivity contribution is -0.191. The Bertz CT molecular complexity index is 199. The highest BCUT2D eigenvalue weighted by Gasteiger charge is 2.63. The lowest BCUT2D eigenvalue weighted by Crippen LogP contribution is -2.31. The molecular formula is C10H16F4. The quantitative estimate of drug-likeness (QED) is 0.619. The maximum Gasteiger partial charge on any atom is 0.392 e. The van der Waals surface area contributed by atoms with Crippen molar-refractivity contribution in [2.75, 3.05) is 6.67 Å². The van der Waals surface area contributed by atoms with Crippen molar-refractivity contribution < 1.29 is 17.6 Å². The summed E-state index contributed by atoms with van der Waals surface area (Å²) < 4.78 is 49.9. The number of rotatable bonds is 4. The second kappa shape index (κ2) is 3.70. The zero-order valence-corrected chi connectivity index (χ0v) is 8.49. The molecule has 0 aromatic heterocycles. The average Bonchev–Trinajstić information content (AvgIpc) is 2.78. The molecule has 0 bridgehead atoms. The van der Waals surface area contributed by atoms with E-state index in [1.165, 1.54) is 0 Å². The Morgan fingerprint density at radius 1 is 1.43 bits per heavy atom. The standard InChI is InChI=1S/C10H16F4/c1-3-4-8-5-9(8,6-11)7(2)10(12,13)14/h7-8H,3-6H2,1-2H3/t7-,8?,9?/m0/s1. The minimum Gasteiger partial charge on any atom is -0.250 e. The molecule has 4 heteroatoms. The van der Waals surface area contributed by atoms with E-state index in [0.29, 0.717) is 12.8 Å². The Hall–Kier alpha value is -0.280. The highest BCUT2D eigenvalue weighted by atomic mass is 19.4. The highest BCUT2D eigenvalue weighted by Crippen LogP contribution is 2.63. The molecule has 0 saturated heterocycles. The first-order chi connectivity index (χ1) is 6.38. The van der Waals surface area contributed by atoms with Gasteiger partial charge in [0.15, 0.2) is 0 Å². The molecule has 0 aromatic rings. The molecule has 1 aliphatic carbocycles. The maximum atomic E-state index is 12.7. The zero-order valence-electron chi connectivity index (χ0n) is 8.49. The van der Waals surface area contributed by atoms with E-state index in [9.17, 15) is 17.6 Å². The van der Waals surface area contributed by atoms with Gasteiger partial charge < -0.3 is 0 Å². The molecule has 0 amide bonds. The smallest absolute Gasteiger partial charge is 0.250 e. The molecule has 1 saturated carbocycles. The fourth-order valence-electron chi connectivity index (χ4n) is 2.27. The van der Waals surface area contributed by atoms with Gasteiger partial charge in [0, 0.05) is 5.41 Å². The molecule has 1 fully saturated rings. The molecular weight excluding hydrogens is 196 g/mol. The van der Waals surface area contributed by atoms with Crippen LogP contribution in [-0.4, -0.2) is 12.9 Å². The van der Waals surface area contributed by atoms with Crippen molar-refractivity contribution in [3.8, 4) is 0 Å². The number of halogens is 4. The molecule has 1 aliphatic rings. The van der Waals surface area contributed by atoms with E-state index in [4.69, 9.17) is 0 Å². The largest absolute Gasteiger partial charge is 0.392 e. The fraction of sp³-hybridized carbons (Fsp3) is 1.00. The van der Waals surface area contributed by atoms with Gasteiger partial charge in [-0.1, -0.05) is 26.7 Å². The van der Waals surface area contributed by atoms with Crippen molar-refractivity contribution in [1.82, 2.24) is 0 Å². The van der Waals surface area contributed by atoms with Gasteiger partial charge in [0.1, 0.15) is 0 Å². The molecule has 0 spiro atoms. The summed E-state index contributed by atoms with van der Waals surface area (Å²) >= 11 is 0. The topological polar surface area (TPSA) is 0 Å². The van der Waals surface area contributed by atoms with Gasteiger partial charge in [-0.05, 0) is 12.3 Å². The predicted molar refractivity (Wildman–Crippen MR) is 46.6 cm³/mol. The number of hydrogen-bond donors (Lipinski definition) is 0. The lowest BCUT2D eigenvalue weighted by atomic mass is 9.88. The van der Waals surface area contributed by atoms with Gasteiger partial charge in [-0.25, -0.2) is 0 Å². The SMILES string of the molecule is CCCC1CC1(CF)[C@H](C)C(F)(F)F. The molecule has 0 aliphatic heterocycles. The van der Waals surface area contributed by atoms with Gasteiger partial charge in [0.05, 0.1) is 12.6 Å². The third kappa shape index (κ3) is 1.89. The van der Waals surface area contributed by atoms with Crippen LogP contribution in [0.3, 0.4) is 0 Å². The van der Waals surface area contributed by atoms with Gasteiger partial charge in [-0.2, -0.15) is 13.2 Å². The van der Waals surface area contributed by atoms with Gasteiger partial charge in [0.25, 0.3) is 0 Å². The lowest BCUT2D eigenvalue weighted by Gasteiger charge is -2.24. The Morgan fingerprint density at radius 3 is 2.36 bits per heavy atom. The Kier molecular flexibility index (Phi) is 3.12. The summed E-state index contributed by atoms with van der Waals surface area (Å²) in [5.41, 5.74) is -1.09. The van der Waals surface area contributed by atoms with Crippen molar-refractivity contribution in [2.45, 2.75) is 39.3 Å². The van der Waals surface area contributed by atoms with Gasteiger partial charge in [-0.15, -0.1) is 0 Å². The first kappa shape index (κ1) is 11.8. The van der Waals surface area contributed by atoms with Crippen molar-refractivity contribution in [2.24, 2.45) is 17.3 Å². The summed E-state index contributed by atoms with van der Waals surface area (Å²) in [4.78, 5) is 0. The van der Waals surface area contributed by atoms with Crippen molar-refractivity contribution >= 4 is 0 Å². The molecule has 2 unspecified atom stereocenters. The zero-order chi connectivity index (χ0) is 11.0. The van der Waals surface area contributed by atoms with E-state index in [0.717, 1.165) is 13.3 Å². The summed E-state index contributed by atoms with van der Waals surface area (Å²) in [6.07, 6.45) is -2.31. The summed E-state index contributed by atoms with van der Waals surface area (Å²) in [6.45, 7) is 2.19. The normalized spacial score (nSPS) is 34.3. The van der Waals surface area contributed by atoms with E-state index < -0.39 is 24.2 Å². The molecule has 0 N–H and O–H groups in total. The molecule has 3 atom stereocenters. The first-order valence-electron chi connectivity index (χ1n) is 5.01. The third-order valence-electron chi connectivity index (χ3n) is 3.52. The van der Waals surface area contributed by atoms with Crippen LogP contribution in [0, 0.1) is 17.3 Å². The maximum absolute atomic E-state index is 12.7. The van der Waals surface area contributed by atoms with E-state index in [-0.39, 0.29) is 5.92 Å². The van der Waals surface area contributed by atoms with Crippen LogP contribution in [0.4, 0.5) is 17.6 Å². The predicted octanol–water partition coefficient (Wildman–Crippen LogP) is 3.96. The van der Waals surface area contributed by atoms with Crippen molar-refractivity contribution in [3.63, 3.8) is 0 Å². The fourth-order valence-corrected chi connectivity index (χ4v) is 2.27. The van der Waals surface area contributed by atoms with E-state index in [1.54, 1.807) is 0 Å². The summed E-state index contributed by atoms with van der Waals surface area (Å²) in [7, 11) is 0. The molecule has 1 rings (SSSR count). The molecule has 84 valence electrons. The Labute approximate surface area is 81.7 Å².